The maximum Gasteiger partial charge on any atom is 0.655 e. The Morgan fingerprint density at radius 1 is 1.50 bits per heavy atom. The standard InChI is InChI=1S/F2HNP/c1-4(2)3/h3H/q+1. The molecule has 0 rings (SSSR count). The maximum atomic E-state index is 10.1. The van der Waals surface area contributed by atoms with Crippen molar-refractivity contribution in [3.63, 3.8) is 0 Å². The van der Waals surface area contributed by atoms with Crippen LogP contribution in [0.25, 0.3) is 0 Å². The zero-order chi connectivity index (χ0) is 3.58. The molecular weight excluding hydrogens is 83.0 g/mol. The molecule has 1 N–H and O–H groups in total. The molecule has 0 bridgehead atoms. The lowest BCUT2D eigenvalue weighted by atomic mass is 14.0. The number of nitrogens with one attached hydrogen (secondary N) is 1. The molecule has 0 radical (unpaired) electrons. The number of hydrogen-bond donors (Lipinski definition) is 1. The minimum atomic E-state index is -3.37. The first-order valence-corrected chi connectivity index (χ1v) is 1.69. The summed E-state index contributed by atoms with van der Waals surface area (Å²) in [6.45, 7) is 0. The van der Waals surface area contributed by atoms with Crippen LogP contribution in [-0.2, 0) is 0 Å². The predicted octanol–water partition coefficient (Wildman–Crippen LogP) is 2.00. The van der Waals surface area contributed by atoms with Gasteiger partial charge in [-0.15, -0.1) is 0 Å². The number of halogens is 2. The smallest absolute Gasteiger partial charge is 0.0544 e. The highest BCUT2D eigenvalue weighted by Crippen LogP contribution is 2.21. The van der Waals surface area contributed by atoms with Crippen molar-refractivity contribution in [2.75, 3.05) is 0 Å². The minimum absolute atomic E-state index is 3.37. The molecule has 0 aromatic heterocycles. The van der Waals surface area contributed by atoms with Crippen molar-refractivity contribution >= 4 is 8.33 Å². The molecule has 4 heavy (non-hydrogen) atoms. The molecule has 0 aromatic rings. The van der Waals surface area contributed by atoms with Gasteiger partial charge in [-0.3, -0.25) is 0 Å². The largest absolute Gasteiger partial charge is 0.655 e. The van der Waals surface area contributed by atoms with Crippen LogP contribution in [0.1, 0.15) is 0 Å². The summed E-state index contributed by atoms with van der Waals surface area (Å²) in [6, 6.07) is 0. The van der Waals surface area contributed by atoms with E-state index < -0.39 is 8.33 Å². The fourth-order valence-corrected chi connectivity index (χ4v) is 0. The lowest BCUT2D eigenvalue weighted by Gasteiger charge is -1.26. The molecule has 0 heterocycles. The van der Waals surface area contributed by atoms with Gasteiger partial charge >= 0.3 is 8.33 Å². The van der Waals surface area contributed by atoms with Crippen LogP contribution in [0.15, 0.2) is 0 Å². The van der Waals surface area contributed by atoms with Crippen molar-refractivity contribution in [2.24, 2.45) is 0 Å². The van der Waals surface area contributed by atoms with E-state index in [1.54, 1.807) is 0 Å². The summed E-state index contributed by atoms with van der Waals surface area (Å²) in [6.07, 6.45) is 0. The third-order valence-electron chi connectivity index (χ3n) is 0. The van der Waals surface area contributed by atoms with Gasteiger partial charge in [0.15, 0.2) is 0 Å². The van der Waals surface area contributed by atoms with Crippen LogP contribution >= 0.6 is 8.33 Å². The van der Waals surface area contributed by atoms with Crippen LogP contribution in [0, 0.1) is 5.16 Å². The Balaban J connectivity index is 2.80. The van der Waals surface area contributed by atoms with Gasteiger partial charge in [0.05, 0.1) is 8.39 Å². The summed E-state index contributed by atoms with van der Waals surface area (Å²) in [5, 5.41) is 5.31. The second-order valence-corrected chi connectivity index (χ2v) is 0.699. The normalized spacial score (nSPS) is 6.50. The molecule has 0 saturated heterocycles. The topological polar surface area (TPSA) is 23.9 Å². The van der Waals surface area contributed by atoms with Gasteiger partial charge in [0.25, 0.3) is 0 Å². The van der Waals surface area contributed by atoms with Crippen molar-refractivity contribution in [3.8, 4) is 0 Å². The second-order valence-electron chi connectivity index (χ2n) is 0.233. The molecule has 0 spiro atoms. The monoisotopic (exact) mass is 84.0 g/mol. The van der Waals surface area contributed by atoms with E-state index in [9.17, 15) is 8.39 Å². The Labute approximate surface area is 23.1 Å². The van der Waals surface area contributed by atoms with Crippen molar-refractivity contribution in [3.05, 3.63) is 0 Å². The lowest BCUT2D eigenvalue weighted by molar-refractivity contribution is 0.756. The summed E-state index contributed by atoms with van der Waals surface area (Å²) in [5.41, 5.74) is 0. The van der Waals surface area contributed by atoms with E-state index in [1.807, 2.05) is 0 Å². The summed E-state index contributed by atoms with van der Waals surface area (Å²) in [4.78, 5) is 0. The first-order chi connectivity index (χ1) is 1.73. The third-order valence-corrected chi connectivity index (χ3v) is 0. The molecule has 0 amide bonds. The summed E-state index contributed by atoms with van der Waals surface area (Å²) >= 11 is 0. The van der Waals surface area contributed by atoms with Crippen LogP contribution in [0.5, 0.6) is 0 Å². The highest BCUT2D eigenvalue weighted by molar-refractivity contribution is 7.33. The minimum Gasteiger partial charge on any atom is -0.0544 e. The zero-order valence-corrected chi connectivity index (χ0v) is 2.60. The molecular formula is HF2NP+. The van der Waals surface area contributed by atoms with Gasteiger partial charge < -0.3 is 0 Å². The first kappa shape index (κ1) is 3.96. The fourth-order valence-electron chi connectivity index (χ4n) is 0. The molecule has 0 unspecified atom stereocenters. The van der Waals surface area contributed by atoms with E-state index in [0.717, 1.165) is 0 Å². The molecule has 0 aliphatic rings. The number of hydrogen-bond acceptors (Lipinski definition) is 1. The highest BCUT2D eigenvalue weighted by Gasteiger charge is 1.96. The van der Waals surface area contributed by atoms with E-state index in [-0.39, 0.29) is 0 Å². The fraction of sp³-hybridized carbons (Fsp3) is 0. The Morgan fingerprint density at radius 2 is 1.50 bits per heavy atom. The van der Waals surface area contributed by atoms with Gasteiger partial charge in [-0.05, 0) is 0 Å². The van der Waals surface area contributed by atoms with Gasteiger partial charge in [-0.2, -0.15) is 0 Å². The summed E-state index contributed by atoms with van der Waals surface area (Å²) < 4.78 is 20.1. The van der Waals surface area contributed by atoms with E-state index in [2.05, 4.69) is 0 Å². The molecule has 0 aliphatic carbocycles. The van der Waals surface area contributed by atoms with Gasteiger partial charge in [0.1, 0.15) is 0 Å². The maximum absolute atomic E-state index is 10.1. The third kappa shape index (κ3) is 1130. The van der Waals surface area contributed by atoms with E-state index in [0.29, 0.717) is 0 Å². The van der Waals surface area contributed by atoms with Gasteiger partial charge in [0, 0.05) is 0 Å². The molecule has 0 atom stereocenters. The van der Waals surface area contributed by atoms with Crippen LogP contribution in [0.2, 0.25) is 0 Å². The van der Waals surface area contributed by atoms with Gasteiger partial charge in [-0.25, -0.2) is 0 Å². The average Bonchev–Trinajstić information content (AvgIpc) is 0.811. The van der Waals surface area contributed by atoms with Crippen molar-refractivity contribution in [1.29, 1.82) is 5.16 Å². The molecule has 4 heteroatoms. The first-order valence-electron chi connectivity index (χ1n) is 0.562. The Kier molecular flexibility index (Phi) is 1.28. The second kappa shape index (κ2) is 1.30. The molecule has 0 saturated carbocycles. The van der Waals surface area contributed by atoms with Gasteiger partial charge in [0.2, 0.25) is 0 Å². The van der Waals surface area contributed by atoms with Crippen LogP contribution in [0.4, 0.5) is 8.39 Å². The van der Waals surface area contributed by atoms with Crippen LogP contribution < -0.4 is 0 Å². The van der Waals surface area contributed by atoms with Crippen molar-refractivity contribution in [2.45, 2.75) is 0 Å². The van der Waals surface area contributed by atoms with Crippen molar-refractivity contribution in [1.82, 2.24) is 0 Å². The highest BCUT2D eigenvalue weighted by atomic mass is 31.2. The Bertz CT molecular complexity index is 29.0. The molecule has 0 fully saturated rings. The van der Waals surface area contributed by atoms with E-state index in [4.69, 9.17) is 5.16 Å². The van der Waals surface area contributed by atoms with E-state index >= 15 is 0 Å². The molecule has 0 aromatic carbocycles. The average molecular weight is 84.0 g/mol. The molecule has 24 valence electrons. The van der Waals surface area contributed by atoms with Crippen molar-refractivity contribution < 1.29 is 8.39 Å². The Morgan fingerprint density at radius 3 is 1.50 bits per heavy atom. The van der Waals surface area contributed by atoms with Gasteiger partial charge in [-0.1, -0.05) is 5.16 Å². The SMILES string of the molecule is N=[P+](F)F. The number of rotatable bonds is 0. The molecule has 1 nitrogen and oxygen atoms in total. The summed E-state index contributed by atoms with van der Waals surface area (Å²) in [7, 11) is -3.37. The quantitative estimate of drug-likeness (QED) is 0.434. The molecule has 0 aliphatic heterocycles. The summed E-state index contributed by atoms with van der Waals surface area (Å²) in [5.74, 6) is 0. The predicted molar refractivity (Wildman–Crippen MR) is 11.9 cm³/mol. The van der Waals surface area contributed by atoms with E-state index in [1.165, 1.54) is 0 Å². The van der Waals surface area contributed by atoms with Crippen LogP contribution in [-0.4, -0.2) is 0 Å². The lowest BCUT2D eigenvalue weighted by Crippen LogP contribution is -1.00. The van der Waals surface area contributed by atoms with Crippen LogP contribution in [0.3, 0.4) is 0 Å². The zero-order valence-electron chi connectivity index (χ0n) is 1.70. The Hall–Kier alpha value is -0.0400.